The highest BCUT2D eigenvalue weighted by Gasteiger charge is 2.10. The first kappa shape index (κ1) is 17.0. The Bertz CT molecular complexity index is 998. The predicted octanol–water partition coefficient (Wildman–Crippen LogP) is 4.23. The number of carbonyl (C=O) groups is 1. The Morgan fingerprint density at radius 3 is 2.56 bits per heavy atom. The lowest BCUT2D eigenvalue weighted by Crippen LogP contribution is -2.12. The zero-order chi connectivity index (χ0) is 18.0. The molecule has 0 saturated heterocycles. The molecule has 0 spiro atoms. The standard InChI is InChI=1S/C21H20O4/c1-4-15-10-21(23)25-20-11-17(7-8-18(15)20)24-12-19(22)16-6-5-13(2)14(3)9-16/h5-11H,4,12H2,1-3H3. The molecule has 0 aliphatic rings. The lowest BCUT2D eigenvalue weighted by atomic mass is 10.0. The van der Waals surface area contributed by atoms with Crippen LogP contribution in [0, 0.1) is 13.8 Å². The van der Waals surface area contributed by atoms with Gasteiger partial charge in [0.2, 0.25) is 0 Å². The normalized spacial score (nSPS) is 10.8. The summed E-state index contributed by atoms with van der Waals surface area (Å²) in [5.74, 6) is 0.410. The van der Waals surface area contributed by atoms with E-state index < -0.39 is 0 Å². The van der Waals surface area contributed by atoms with Gasteiger partial charge in [-0.25, -0.2) is 4.79 Å². The summed E-state index contributed by atoms with van der Waals surface area (Å²) < 4.78 is 10.8. The summed E-state index contributed by atoms with van der Waals surface area (Å²) in [6, 6.07) is 12.4. The van der Waals surface area contributed by atoms with Crippen molar-refractivity contribution in [3.63, 3.8) is 0 Å². The number of benzene rings is 2. The molecule has 0 N–H and O–H groups in total. The number of carbonyl (C=O) groups excluding carboxylic acids is 1. The molecule has 0 fully saturated rings. The third kappa shape index (κ3) is 3.63. The summed E-state index contributed by atoms with van der Waals surface area (Å²) in [6.45, 7) is 5.91. The quantitative estimate of drug-likeness (QED) is 0.517. The second kappa shape index (κ2) is 6.93. The predicted molar refractivity (Wildman–Crippen MR) is 97.6 cm³/mol. The summed E-state index contributed by atoms with van der Waals surface area (Å²) >= 11 is 0. The minimum atomic E-state index is -0.382. The largest absolute Gasteiger partial charge is 0.485 e. The summed E-state index contributed by atoms with van der Waals surface area (Å²) in [5.41, 5.74) is 3.88. The van der Waals surface area contributed by atoms with Gasteiger partial charge in [-0.15, -0.1) is 0 Å². The van der Waals surface area contributed by atoms with Gasteiger partial charge in [-0.05, 0) is 55.2 Å². The molecule has 0 aliphatic carbocycles. The molecule has 0 atom stereocenters. The molecule has 0 saturated carbocycles. The Morgan fingerprint density at radius 1 is 1.04 bits per heavy atom. The molecule has 3 aromatic rings. The van der Waals surface area contributed by atoms with Gasteiger partial charge in [0.05, 0.1) is 0 Å². The SMILES string of the molecule is CCc1cc(=O)oc2cc(OCC(=O)c3ccc(C)c(C)c3)ccc12. The third-order valence-electron chi connectivity index (χ3n) is 4.38. The fraction of sp³-hybridized carbons (Fsp3) is 0.238. The molecule has 0 radical (unpaired) electrons. The van der Waals surface area contributed by atoms with Gasteiger partial charge in [-0.3, -0.25) is 4.79 Å². The lowest BCUT2D eigenvalue weighted by Gasteiger charge is -2.09. The Balaban J connectivity index is 1.80. The van der Waals surface area contributed by atoms with Crippen molar-refractivity contribution >= 4 is 16.8 Å². The minimum absolute atomic E-state index is 0.0638. The van der Waals surface area contributed by atoms with Gasteiger partial charge in [0.1, 0.15) is 11.3 Å². The highest BCUT2D eigenvalue weighted by Crippen LogP contribution is 2.23. The Hall–Kier alpha value is -2.88. The van der Waals surface area contributed by atoms with E-state index in [0.717, 1.165) is 28.5 Å². The molecule has 128 valence electrons. The smallest absolute Gasteiger partial charge is 0.336 e. The number of hydrogen-bond donors (Lipinski definition) is 0. The summed E-state index contributed by atoms with van der Waals surface area (Å²) in [4.78, 5) is 23.9. The molecule has 0 bridgehead atoms. The monoisotopic (exact) mass is 336 g/mol. The number of fused-ring (bicyclic) bond motifs is 1. The second-order valence-corrected chi connectivity index (χ2v) is 6.11. The van der Waals surface area contributed by atoms with Crippen molar-refractivity contribution in [2.75, 3.05) is 6.61 Å². The van der Waals surface area contributed by atoms with Gasteiger partial charge in [0.15, 0.2) is 12.4 Å². The van der Waals surface area contributed by atoms with Crippen molar-refractivity contribution in [1.29, 1.82) is 0 Å². The average molecular weight is 336 g/mol. The molecular formula is C21H20O4. The first-order valence-electron chi connectivity index (χ1n) is 8.28. The molecule has 1 aromatic heterocycles. The van der Waals surface area contributed by atoms with E-state index in [1.807, 2.05) is 39.0 Å². The molecule has 1 heterocycles. The van der Waals surface area contributed by atoms with Gasteiger partial charge in [-0.1, -0.05) is 19.1 Å². The van der Waals surface area contributed by atoms with E-state index in [4.69, 9.17) is 9.15 Å². The van der Waals surface area contributed by atoms with E-state index in [9.17, 15) is 9.59 Å². The van der Waals surface area contributed by atoms with Crippen LogP contribution in [0.3, 0.4) is 0 Å². The zero-order valence-electron chi connectivity index (χ0n) is 14.6. The zero-order valence-corrected chi connectivity index (χ0v) is 14.6. The first-order chi connectivity index (χ1) is 12.0. The first-order valence-corrected chi connectivity index (χ1v) is 8.28. The van der Waals surface area contributed by atoms with Crippen molar-refractivity contribution in [3.8, 4) is 5.75 Å². The lowest BCUT2D eigenvalue weighted by molar-refractivity contribution is 0.0921. The van der Waals surface area contributed by atoms with Crippen molar-refractivity contribution < 1.29 is 13.9 Å². The highest BCUT2D eigenvalue weighted by molar-refractivity contribution is 5.97. The molecule has 0 amide bonds. The number of aryl methyl sites for hydroxylation is 3. The maximum Gasteiger partial charge on any atom is 0.336 e. The van der Waals surface area contributed by atoms with Crippen LogP contribution in [0.1, 0.15) is 34.0 Å². The van der Waals surface area contributed by atoms with Gasteiger partial charge in [0.25, 0.3) is 0 Å². The van der Waals surface area contributed by atoms with Crippen LogP contribution in [0.2, 0.25) is 0 Å². The van der Waals surface area contributed by atoms with Crippen LogP contribution in [0.4, 0.5) is 0 Å². The number of ketones is 1. The molecule has 4 heteroatoms. The second-order valence-electron chi connectivity index (χ2n) is 6.11. The molecular weight excluding hydrogens is 316 g/mol. The number of Topliss-reactive ketones (excluding diaryl/α,β-unsaturated/α-hetero) is 1. The minimum Gasteiger partial charge on any atom is -0.485 e. The molecule has 3 rings (SSSR count). The topological polar surface area (TPSA) is 56.5 Å². The van der Waals surface area contributed by atoms with E-state index in [2.05, 4.69) is 0 Å². The fourth-order valence-electron chi connectivity index (χ4n) is 2.74. The van der Waals surface area contributed by atoms with E-state index in [1.54, 1.807) is 18.2 Å². The maximum atomic E-state index is 12.3. The Kier molecular flexibility index (Phi) is 4.70. The van der Waals surface area contributed by atoms with Crippen LogP contribution in [0.15, 0.2) is 51.7 Å². The van der Waals surface area contributed by atoms with Crippen LogP contribution in [0.25, 0.3) is 11.0 Å². The molecule has 0 unspecified atom stereocenters. The van der Waals surface area contributed by atoms with E-state index in [1.165, 1.54) is 6.07 Å². The molecule has 4 nitrogen and oxygen atoms in total. The summed E-state index contributed by atoms with van der Waals surface area (Å²) in [7, 11) is 0. The summed E-state index contributed by atoms with van der Waals surface area (Å²) in [5, 5.41) is 0.884. The third-order valence-corrected chi connectivity index (χ3v) is 4.38. The van der Waals surface area contributed by atoms with E-state index in [0.29, 0.717) is 16.9 Å². The number of rotatable bonds is 5. The van der Waals surface area contributed by atoms with Crippen LogP contribution in [-0.4, -0.2) is 12.4 Å². The number of ether oxygens (including phenoxy) is 1. The van der Waals surface area contributed by atoms with Crippen LogP contribution >= 0.6 is 0 Å². The van der Waals surface area contributed by atoms with E-state index in [-0.39, 0.29) is 18.0 Å². The Morgan fingerprint density at radius 2 is 1.84 bits per heavy atom. The Labute approximate surface area is 146 Å². The van der Waals surface area contributed by atoms with Gasteiger partial charge >= 0.3 is 5.63 Å². The van der Waals surface area contributed by atoms with Crippen LogP contribution in [-0.2, 0) is 6.42 Å². The summed E-state index contributed by atoms with van der Waals surface area (Å²) in [6.07, 6.45) is 0.744. The van der Waals surface area contributed by atoms with Gasteiger partial charge in [-0.2, -0.15) is 0 Å². The van der Waals surface area contributed by atoms with Crippen molar-refractivity contribution in [2.45, 2.75) is 27.2 Å². The number of hydrogen-bond acceptors (Lipinski definition) is 4. The molecule has 2 aromatic carbocycles. The molecule has 0 aliphatic heterocycles. The van der Waals surface area contributed by atoms with E-state index >= 15 is 0 Å². The van der Waals surface area contributed by atoms with Crippen LogP contribution < -0.4 is 10.4 Å². The molecule has 25 heavy (non-hydrogen) atoms. The average Bonchev–Trinajstić information content (AvgIpc) is 2.60. The van der Waals surface area contributed by atoms with Crippen LogP contribution in [0.5, 0.6) is 5.75 Å². The highest BCUT2D eigenvalue weighted by atomic mass is 16.5. The van der Waals surface area contributed by atoms with Gasteiger partial charge in [0, 0.05) is 23.1 Å². The maximum absolute atomic E-state index is 12.3. The van der Waals surface area contributed by atoms with Crippen molar-refractivity contribution in [2.24, 2.45) is 0 Å². The van der Waals surface area contributed by atoms with Gasteiger partial charge < -0.3 is 9.15 Å². The van der Waals surface area contributed by atoms with Crippen molar-refractivity contribution in [3.05, 3.63) is 75.1 Å². The van der Waals surface area contributed by atoms with Crippen molar-refractivity contribution in [1.82, 2.24) is 0 Å². The fourth-order valence-corrected chi connectivity index (χ4v) is 2.74.